The van der Waals surface area contributed by atoms with Crippen molar-refractivity contribution in [3.05, 3.63) is 53.6 Å². The molecule has 0 bridgehead atoms. The Morgan fingerprint density at radius 3 is 2.55 bits per heavy atom. The van der Waals surface area contributed by atoms with Crippen LogP contribution in [-0.2, 0) is 15.6 Å². The maximum absolute atomic E-state index is 12.3. The zero-order chi connectivity index (χ0) is 20.6. The van der Waals surface area contributed by atoms with Crippen LogP contribution in [0.3, 0.4) is 0 Å². The van der Waals surface area contributed by atoms with Crippen molar-refractivity contribution in [2.24, 2.45) is 4.99 Å². The first-order valence-corrected chi connectivity index (χ1v) is 12.2. The van der Waals surface area contributed by atoms with Crippen LogP contribution in [0.25, 0.3) is 0 Å². The summed E-state index contributed by atoms with van der Waals surface area (Å²) in [5, 5.41) is 0.821. The summed E-state index contributed by atoms with van der Waals surface area (Å²) < 4.78 is 35.5. The molecule has 0 amide bonds. The van der Waals surface area contributed by atoms with Crippen molar-refractivity contribution in [2.75, 3.05) is 30.6 Å². The van der Waals surface area contributed by atoms with E-state index in [1.165, 1.54) is 11.1 Å². The number of amidine groups is 1. The van der Waals surface area contributed by atoms with Crippen molar-refractivity contribution in [1.29, 1.82) is 0 Å². The highest BCUT2D eigenvalue weighted by Crippen LogP contribution is 2.41. The van der Waals surface area contributed by atoms with E-state index in [4.69, 9.17) is 14.5 Å². The van der Waals surface area contributed by atoms with Gasteiger partial charge in [-0.2, -0.15) is 0 Å². The first-order valence-electron chi connectivity index (χ1n) is 9.38. The summed E-state index contributed by atoms with van der Waals surface area (Å²) in [5.41, 5.74) is 3.21. The molecule has 2 aliphatic heterocycles. The van der Waals surface area contributed by atoms with Gasteiger partial charge in [0.25, 0.3) is 0 Å². The maximum atomic E-state index is 12.3. The molecule has 29 heavy (non-hydrogen) atoms. The van der Waals surface area contributed by atoms with Gasteiger partial charge in [-0.3, -0.25) is 4.99 Å². The third-order valence-electron chi connectivity index (χ3n) is 5.24. The summed E-state index contributed by atoms with van der Waals surface area (Å²) in [6.45, 7) is 2.07. The summed E-state index contributed by atoms with van der Waals surface area (Å²) in [6.07, 6.45) is 0. The topological polar surface area (TPSA) is 68.2 Å². The Morgan fingerprint density at radius 1 is 1.10 bits per heavy atom. The van der Waals surface area contributed by atoms with Gasteiger partial charge in [0, 0.05) is 11.8 Å². The van der Waals surface area contributed by atoms with Crippen molar-refractivity contribution in [1.82, 2.24) is 0 Å². The Labute approximate surface area is 175 Å². The number of fused-ring (bicyclic) bond motifs is 1. The molecular formula is C21H24N2O4S2. The molecule has 8 heteroatoms. The fourth-order valence-corrected chi connectivity index (χ4v) is 6.65. The van der Waals surface area contributed by atoms with Crippen molar-refractivity contribution in [2.45, 2.75) is 24.8 Å². The molecule has 0 radical (unpaired) electrons. The lowest BCUT2D eigenvalue weighted by atomic mass is 10.1. The van der Waals surface area contributed by atoms with Gasteiger partial charge in [0.05, 0.1) is 43.5 Å². The van der Waals surface area contributed by atoms with Crippen LogP contribution in [0.5, 0.6) is 11.5 Å². The smallest absolute Gasteiger partial charge is 0.164 e. The Morgan fingerprint density at radius 2 is 1.86 bits per heavy atom. The van der Waals surface area contributed by atoms with Crippen LogP contribution in [0.4, 0.5) is 5.69 Å². The summed E-state index contributed by atoms with van der Waals surface area (Å²) in [6, 6.07) is 13.5. The monoisotopic (exact) mass is 432 g/mol. The molecule has 1 fully saturated rings. The van der Waals surface area contributed by atoms with Crippen LogP contribution < -0.4 is 14.4 Å². The van der Waals surface area contributed by atoms with Gasteiger partial charge in [-0.05, 0) is 24.6 Å². The Kier molecular flexibility index (Phi) is 5.48. The number of sulfone groups is 1. The number of benzene rings is 2. The van der Waals surface area contributed by atoms with E-state index in [-0.39, 0.29) is 23.6 Å². The number of aliphatic imine (C=N–C) groups is 1. The first kappa shape index (κ1) is 20.1. The minimum atomic E-state index is -3.11. The van der Waals surface area contributed by atoms with Crippen molar-refractivity contribution < 1.29 is 17.9 Å². The second-order valence-electron chi connectivity index (χ2n) is 7.31. The van der Waals surface area contributed by atoms with E-state index in [0.29, 0.717) is 11.5 Å². The summed E-state index contributed by atoms with van der Waals surface area (Å²) in [7, 11) is 0.115. The van der Waals surface area contributed by atoms with E-state index in [2.05, 4.69) is 31.2 Å². The predicted octanol–water partition coefficient (Wildman–Crippen LogP) is 3.29. The molecule has 0 spiro atoms. The molecular weight excluding hydrogens is 408 g/mol. The van der Waals surface area contributed by atoms with Gasteiger partial charge in [0.15, 0.2) is 15.0 Å². The average molecular weight is 433 g/mol. The Hall–Kier alpha value is -2.19. The number of hydrogen-bond acceptors (Lipinski definition) is 7. The van der Waals surface area contributed by atoms with Gasteiger partial charge in [-0.25, -0.2) is 8.42 Å². The van der Waals surface area contributed by atoms with Crippen molar-refractivity contribution in [3.63, 3.8) is 0 Å². The number of thioether (sulfide) groups is 1. The number of hydrogen-bond donors (Lipinski definition) is 0. The van der Waals surface area contributed by atoms with E-state index in [9.17, 15) is 8.42 Å². The van der Waals surface area contributed by atoms with Crippen LogP contribution in [-0.4, -0.2) is 51.4 Å². The lowest BCUT2D eigenvalue weighted by Gasteiger charge is -2.28. The van der Waals surface area contributed by atoms with Crippen molar-refractivity contribution in [3.8, 4) is 11.5 Å². The second kappa shape index (κ2) is 7.91. The van der Waals surface area contributed by atoms with Crippen LogP contribution in [0.1, 0.15) is 11.1 Å². The molecule has 0 aromatic heterocycles. The molecule has 2 heterocycles. The lowest BCUT2D eigenvalue weighted by Crippen LogP contribution is -2.39. The van der Waals surface area contributed by atoms with Gasteiger partial charge in [-0.15, -0.1) is 0 Å². The molecule has 2 aromatic carbocycles. The summed E-state index contributed by atoms with van der Waals surface area (Å²) >= 11 is 1.62. The Balaban J connectivity index is 1.68. The van der Waals surface area contributed by atoms with Gasteiger partial charge >= 0.3 is 0 Å². The van der Waals surface area contributed by atoms with Crippen LogP contribution in [0, 0.1) is 6.92 Å². The van der Waals surface area contributed by atoms with Gasteiger partial charge in [0.1, 0.15) is 11.5 Å². The lowest BCUT2D eigenvalue weighted by molar-refractivity contribution is 0.403. The molecule has 1 saturated heterocycles. The standard InChI is InChI=1S/C21H24N2O4S2/c1-14-4-6-15(7-5-14)11-28-21-22-17-12-29(24,25)13-19(17)23(21)18-10-16(26-2)8-9-20(18)27-3/h4-10,17,19H,11-13H2,1-3H3. The molecule has 4 rings (SSSR count). The number of rotatable bonds is 5. The largest absolute Gasteiger partial charge is 0.497 e. The van der Waals surface area contributed by atoms with E-state index in [1.54, 1.807) is 26.0 Å². The highest BCUT2D eigenvalue weighted by atomic mass is 32.2. The molecule has 0 saturated carbocycles. The quantitative estimate of drug-likeness (QED) is 0.722. The number of aryl methyl sites for hydroxylation is 1. The van der Waals surface area contributed by atoms with Crippen LogP contribution >= 0.6 is 11.8 Å². The average Bonchev–Trinajstić information content (AvgIpc) is 3.17. The normalized spacial score (nSPS) is 22.3. The third-order valence-corrected chi connectivity index (χ3v) is 7.98. The fraction of sp³-hybridized carbons (Fsp3) is 0.381. The highest BCUT2D eigenvalue weighted by molar-refractivity contribution is 8.13. The van der Waals surface area contributed by atoms with Crippen molar-refractivity contribution >= 4 is 32.5 Å². The van der Waals surface area contributed by atoms with Gasteiger partial charge in [-0.1, -0.05) is 41.6 Å². The summed E-state index contributed by atoms with van der Waals surface area (Å²) in [4.78, 5) is 6.82. The molecule has 0 aliphatic carbocycles. The minimum Gasteiger partial charge on any atom is -0.497 e. The number of ether oxygens (including phenoxy) is 2. The molecule has 0 N–H and O–H groups in total. The van der Waals surface area contributed by atoms with E-state index in [0.717, 1.165) is 16.6 Å². The number of anilines is 1. The number of methoxy groups -OCH3 is 2. The van der Waals surface area contributed by atoms with Crippen LogP contribution in [0.15, 0.2) is 47.5 Å². The van der Waals surface area contributed by atoms with Gasteiger partial charge in [0.2, 0.25) is 0 Å². The predicted molar refractivity (Wildman–Crippen MR) is 118 cm³/mol. The zero-order valence-corrected chi connectivity index (χ0v) is 18.3. The Bertz CT molecular complexity index is 1040. The molecule has 2 unspecified atom stereocenters. The number of nitrogens with zero attached hydrogens (tertiary/aromatic N) is 2. The first-order chi connectivity index (χ1) is 13.9. The minimum absolute atomic E-state index is 0.0923. The van der Waals surface area contributed by atoms with E-state index in [1.807, 2.05) is 23.1 Å². The SMILES string of the molecule is COc1ccc(OC)c(N2C(SCc3ccc(C)cc3)=NC3CS(=O)(=O)CC32)c1. The summed E-state index contributed by atoms with van der Waals surface area (Å²) in [5.74, 6) is 2.30. The second-order valence-corrected chi connectivity index (χ2v) is 10.4. The molecule has 2 aliphatic rings. The zero-order valence-electron chi connectivity index (χ0n) is 16.7. The maximum Gasteiger partial charge on any atom is 0.164 e. The van der Waals surface area contributed by atoms with Gasteiger partial charge < -0.3 is 14.4 Å². The van der Waals surface area contributed by atoms with E-state index >= 15 is 0 Å². The molecule has 6 nitrogen and oxygen atoms in total. The third kappa shape index (κ3) is 4.09. The molecule has 2 atom stereocenters. The van der Waals surface area contributed by atoms with E-state index < -0.39 is 9.84 Å². The van der Waals surface area contributed by atoms with Crippen LogP contribution in [0.2, 0.25) is 0 Å². The highest BCUT2D eigenvalue weighted by Gasteiger charge is 2.47. The molecule has 154 valence electrons. The molecule has 2 aromatic rings. The fourth-order valence-electron chi connectivity index (χ4n) is 3.73.